The Morgan fingerprint density at radius 3 is 3.29 bits per heavy atom. The van der Waals surface area contributed by atoms with Gasteiger partial charge < -0.3 is 20.1 Å². The summed E-state index contributed by atoms with van der Waals surface area (Å²) in [7, 11) is 0. The van der Waals surface area contributed by atoms with E-state index >= 15 is 0 Å². The third-order valence-electron chi connectivity index (χ3n) is 2.75. The van der Waals surface area contributed by atoms with Crippen molar-refractivity contribution >= 4 is 5.82 Å². The van der Waals surface area contributed by atoms with Crippen molar-refractivity contribution in [3.8, 4) is 5.75 Å². The minimum atomic E-state index is 0.0835. The maximum Gasteiger partial charge on any atom is 0.171 e. The van der Waals surface area contributed by atoms with Crippen molar-refractivity contribution in [1.82, 2.24) is 4.98 Å². The van der Waals surface area contributed by atoms with E-state index in [0.717, 1.165) is 24.7 Å². The third-order valence-corrected chi connectivity index (χ3v) is 2.75. The highest BCUT2D eigenvalue weighted by atomic mass is 16.5. The zero-order valence-electron chi connectivity index (χ0n) is 10.1. The summed E-state index contributed by atoms with van der Waals surface area (Å²) in [5, 5.41) is 0. The Balaban J connectivity index is 2.15. The summed E-state index contributed by atoms with van der Waals surface area (Å²) in [5.41, 5.74) is 5.64. The van der Waals surface area contributed by atoms with Crippen LogP contribution in [0.5, 0.6) is 5.75 Å². The number of nitrogens with two attached hydrogens (primary N) is 1. The minimum Gasteiger partial charge on any atom is -0.490 e. The van der Waals surface area contributed by atoms with Crippen LogP contribution < -0.4 is 15.4 Å². The van der Waals surface area contributed by atoms with Gasteiger partial charge in [0.2, 0.25) is 0 Å². The molecule has 5 nitrogen and oxygen atoms in total. The maximum absolute atomic E-state index is 5.64. The SMILES string of the molecule is CCOc1cccnc1N1CCOC(CN)C1. The Kier molecular flexibility index (Phi) is 4.17. The molecule has 0 saturated carbocycles. The fourth-order valence-corrected chi connectivity index (χ4v) is 1.94. The van der Waals surface area contributed by atoms with Gasteiger partial charge in [-0.3, -0.25) is 0 Å². The number of morpholine rings is 1. The summed E-state index contributed by atoms with van der Waals surface area (Å²) in [4.78, 5) is 6.57. The molecule has 0 amide bonds. The number of ether oxygens (including phenoxy) is 2. The van der Waals surface area contributed by atoms with Crippen LogP contribution in [0.3, 0.4) is 0 Å². The predicted molar refractivity (Wildman–Crippen MR) is 66.4 cm³/mol. The van der Waals surface area contributed by atoms with E-state index in [4.69, 9.17) is 15.2 Å². The fourth-order valence-electron chi connectivity index (χ4n) is 1.94. The van der Waals surface area contributed by atoms with Gasteiger partial charge in [0.05, 0.1) is 19.3 Å². The first kappa shape index (κ1) is 12.1. The van der Waals surface area contributed by atoms with Gasteiger partial charge in [-0.05, 0) is 19.1 Å². The molecule has 0 aromatic carbocycles. The summed E-state index contributed by atoms with van der Waals surface area (Å²) in [6, 6.07) is 3.83. The lowest BCUT2D eigenvalue weighted by atomic mass is 10.2. The normalized spacial score (nSPS) is 20.4. The van der Waals surface area contributed by atoms with Crippen LogP contribution in [0.25, 0.3) is 0 Å². The van der Waals surface area contributed by atoms with Crippen molar-refractivity contribution in [1.29, 1.82) is 0 Å². The van der Waals surface area contributed by atoms with Crippen molar-refractivity contribution < 1.29 is 9.47 Å². The maximum atomic E-state index is 5.64. The highest BCUT2D eigenvalue weighted by Crippen LogP contribution is 2.26. The predicted octanol–water partition coefficient (Wildman–Crippen LogP) is 0.644. The molecule has 2 rings (SSSR count). The topological polar surface area (TPSA) is 60.6 Å². The molecule has 0 spiro atoms. The first-order chi connectivity index (χ1) is 8.35. The number of aromatic nitrogens is 1. The number of hydrogen-bond donors (Lipinski definition) is 1. The zero-order valence-corrected chi connectivity index (χ0v) is 10.1. The molecule has 0 radical (unpaired) electrons. The third kappa shape index (κ3) is 2.87. The van der Waals surface area contributed by atoms with Crippen molar-refractivity contribution in [2.75, 3.05) is 37.7 Å². The Morgan fingerprint density at radius 1 is 1.65 bits per heavy atom. The molecule has 17 heavy (non-hydrogen) atoms. The average Bonchev–Trinajstić information content (AvgIpc) is 2.40. The largest absolute Gasteiger partial charge is 0.490 e. The van der Waals surface area contributed by atoms with E-state index < -0.39 is 0 Å². The Hall–Kier alpha value is -1.33. The Bertz CT molecular complexity index is 359. The van der Waals surface area contributed by atoms with Crippen molar-refractivity contribution in [3.63, 3.8) is 0 Å². The molecule has 94 valence electrons. The van der Waals surface area contributed by atoms with Gasteiger partial charge in [-0.25, -0.2) is 4.98 Å². The molecule has 1 aromatic rings. The number of anilines is 1. The van der Waals surface area contributed by atoms with Gasteiger partial charge in [0.15, 0.2) is 11.6 Å². The molecule has 1 aromatic heterocycles. The molecular weight excluding hydrogens is 218 g/mol. The van der Waals surface area contributed by atoms with Gasteiger partial charge in [-0.15, -0.1) is 0 Å². The van der Waals surface area contributed by atoms with Gasteiger partial charge in [0.1, 0.15) is 0 Å². The van der Waals surface area contributed by atoms with Crippen LogP contribution in [-0.4, -0.2) is 43.9 Å². The average molecular weight is 237 g/mol. The van der Waals surface area contributed by atoms with E-state index in [1.807, 2.05) is 19.1 Å². The Labute approximate surface area is 102 Å². The summed E-state index contributed by atoms with van der Waals surface area (Å²) < 4.78 is 11.1. The molecule has 1 atom stereocenters. The number of hydrogen-bond acceptors (Lipinski definition) is 5. The van der Waals surface area contributed by atoms with Crippen LogP contribution >= 0.6 is 0 Å². The molecule has 1 aliphatic rings. The first-order valence-corrected chi connectivity index (χ1v) is 5.99. The van der Waals surface area contributed by atoms with Crippen LogP contribution in [0, 0.1) is 0 Å². The zero-order chi connectivity index (χ0) is 12.1. The molecule has 5 heteroatoms. The van der Waals surface area contributed by atoms with E-state index in [-0.39, 0.29) is 6.10 Å². The van der Waals surface area contributed by atoms with Gasteiger partial charge in [0.25, 0.3) is 0 Å². The van der Waals surface area contributed by atoms with Crippen LogP contribution in [0.15, 0.2) is 18.3 Å². The van der Waals surface area contributed by atoms with Crippen molar-refractivity contribution in [3.05, 3.63) is 18.3 Å². The van der Waals surface area contributed by atoms with Crippen LogP contribution in [0.4, 0.5) is 5.82 Å². The van der Waals surface area contributed by atoms with Crippen LogP contribution in [0.2, 0.25) is 0 Å². The molecule has 1 aliphatic heterocycles. The lowest BCUT2D eigenvalue weighted by Crippen LogP contribution is -2.46. The van der Waals surface area contributed by atoms with Gasteiger partial charge in [0, 0.05) is 25.8 Å². The first-order valence-electron chi connectivity index (χ1n) is 5.99. The highest BCUT2D eigenvalue weighted by Gasteiger charge is 2.22. The second kappa shape index (κ2) is 5.84. The van der Waals surface area contributed by atoms with Crippen molar-refractivity contribution in [2.24, 2.45) is 5.73 Å². The van der Waals surface area contributed by atoms with Gasteiger partial charge in [-0.1, -0.05) is 0 Å². The smallest absolute Gasteiger partial charge is 0.171 e. The molecule has 2 heterocycles. The minimum absolute atomic E-state index is 0.0835. The number of nitrogens with zero attached hydrogens (tertiary/aromatic N) is 2. The Morgan fingerprint density at radius 2 is 2.53 bits per heavy atom. The lowest BCUT2D eigenvalue weighted by Gasteiger charge is -2.33. The summed E-state index contributed by atoms with van der Waals surface area (Å²) in [6.45, 7) is 5.43. The van der Waals surface area contributed by atoms with E-state index in [1.54, 1.807) is 6.20 Å². The molecular formula is C12H19N3O2. The monoisotopic (exact) mass is 237 g/mol. The lowest BCUT2D eigenvalue weighted by molar-refractivity contribution is 0.0461. The fraction of sp³-hybridized carbons (Fsp3) is 0.583. The van der Waals surface area contributed by atoms with Crippen LogP contribution in [0.1, 0.15) is 6.92 Å². The standard InChI is InChI=1S/C12H19N3O2/c1-2-16-11-4-3-5-14-12(11)15-6-7-17-10(8-13)9-15/h3-5,10H,2,6-9,13H2,1H3. The van der Waals surface area contributed by atoms with E-state index in [0.29, 0.717) is 19.8 Å². The summed E-state index contributed by atoms with van der Waals surface area (Å²) in [5.74, 6) is 1.71. The molecule has 1 unspecified atom stereocenters. The highest BCUT2D eigenvalue weighted by molar-refractivity contribution is 5.52. The second-order valence-corrected chi connectivity index (χ2v) is 3.93. The molecule has 0 aliphatic carbocycles. The number of pyridine rings is 1. The van der Waals surface area contributed by atoms with E-state index in [9.17, 15) is 0 Å². The molecule has 0 bridgehead atoms. The van der Waals surface area contributed by atoms with E-state index in [2.05, 4.69) is 9.88 Å². The number of rotatable bonds is 4. The summed E-state index contributed by atoms with van der Waals surface area (Å²) in [6.07, 6.45) is 1.87. The van der Waals surface area contributed by atoms with Crippen LogP contribution in [-0.2, 0) is 4.74 Å². The quantitative estimate of drug-likeness (QED) is 0.833. The molecule has 2 N–H and O–H groups in total. The summed E-state index contributed by atoms with van der Waals surface area (Å²) >= 11 is 0. The van der Waals surface area contributed by atoms with Crippen molar-refractivity contribution in [2.45, 2.75) is 13.0 Å². The second-order valence-electron chi connectivity index (χ2n) is 3.93. The van der Waals surface area contributed by atoms with Gasteiger partial charge >= 0.3 is 0 Å². The van der Waals surface area contributed by atoms with Gasteiger partial charge in [-0.2, -0.15) is 0 Å². The van der Waals surface area contributed by atoms with E-state index in [1.165, 1.54) is 0 Å². The molecule has 1 fully saturated rings. The molecule has 1 saturated heterocycles.